The number of ketones is 1. The van der Waals surface area contributed by atoms with Crippen molar-refractivity contribution in [1.29, 1.82) is 0 Å². The quantitative estimate of drug-likeness (QED) is 0.725. The molecule has 1 aromatic rings. The van der Waals surface area contributed by atoms with Crippen LogP contribution in [0.2, 0.25) is 0 Å². The SMILES string of the molecule is Cc1ccc(C)c(C(=O)CCC(=O)N[C@H](CN)CC(C)C)c1. The van der Waals surface area contributed by atoms with Crippen LogP contribution in [0.1, 0.15) is 54.6 Å². The predicted octanol–water partition coefficient (Wildman–Crippen LogP) is 2.76. The summed E-state index contributed by atoms with van der Waals surface area (Å²) in [4.78, 5) is 24.2. The van der Waals surface area contributed by atoms with Gasteiger partial charge in [-0.2, -0.15) is 0 Å². The van der Waals surface area contributed by atoms with Crippen molar-refractivity contribution in [2.75, 3.05) is 6.54 Å². The third-order valence-corrected chi connectivity index (χ3v) is 3.68. The molecule has 0 heterocycles. The molecule has 22 heavy (non-hydrogen) atoms. The molecule has 0 spiro atoms. The lowest BCUT2D eigenvalue weighted by Crippen LogP contribution is -2.41. The number of rotatable bonds is 8. The average molecular weight is 304 g/mol. The van der Waals surface area contributed by atoms with Crippen molar-refractivity contribution in [2.45, 2.75) is 53.0 Å². The van der Waals surface area contributed by atoms with Gasteiger partial charge < -0.3 is 11.1 Å². The monoisotopic (exact) mass is 304 g/mol. The number of carbonyl (C=O) groups excluding carboxylic acids is 2. The van der Waals surface area contributed by atoms with Crippen molar-refractivity contribution in [3.05, 3.63) is 34.9 Å². The van der Waals surface area contributed by atoms with Crippen LogP contribution >= 0.6 is 0 Å². The summed E-state index contributed by atoms with van der Waals surface area (Å²) in [7, 11) is 0. The molecule has 0 saturated carbocycles. The number of amides is 1. The first-order valence-corrected chi connectivity index (χ1v) is 7.93. The molecule has 0 radical (unpaired) electrons. The standard InChI is InChI=1S/C18H28N2O2/c1-12(2)9-15(11-19)20-18(22)8-7-17(21)16-10-13(3)5-6-14(16)4/h5-6,10,12,15H,7-9,11,19H2,1-4H3,(H,20,22)/t15-/m0/s1. The van der Waals surface area contributed by atoms with E-state index in [4.69, 9.17) is 5.73 Å². The fourth-order valence-electron chi connectivity index (χ4n) is 2.48. The van der Waals surface area contributed by atoms with Crippen LogP contribution in [0.4, 0.5) is 0 Å². The molecule has 122 valence electrons. The summed E-state index contributed by atoms with van der Waals surface area (Å²) in [5, 5.41) is 2.91. The largest absolute Gasteiger partial charge is 0.352 e. The van der Waals surface area contributed by atoms with Gasteiger partial charge in [0.1, 0.15) is 0 Å². The summed E-state index contributed by atoms with van der Waals surface area (Å²) < 4.78 is 0. The summed E-state index contributed by atoms with van der Waals surface area (Å²) in [5.41, 5.74) is 8.39. The van der Waals surface area contributed by atoms with Crippen LogP contribution in [0.3, 0.4) is 0 Å². The van der Waals surface area contributed by atoms with Gasteiger partial charge in [0, 0.05) is 31.0 Å². The Hall–Kier alpha value is -1.68. The molecule has 3 N–H and O–H groups in total. The molecular formula is C18H28N2O2. The van der Waals surface area contributed by atoms with Crippen LogP contribution < -0.4 is 11.1 Å². The second-order valence-electron chi connectivity index (χ2n) is 6.37. The molecule has 0 aliphatic rings. The van der Waals surface area contributed by atoms with Gasteiger partial charge in [-0.05, 0) is 37.8 Å². The first-order chi connectivity index (χ1) is 10.3. The molecule has 1 aromatic carbocycles. The molecule has 0 aliphatic heterocycles. The maximum absolute atomic E-state index is 12.3. The Morgan fingerprint density at radius 3 is 2.45 bits per heavy atom. The molecule has 4 nitrogen and oxygen atoms in total. The minimum atomic E-state index is -0.102. The molecule has 0 aromatic heterocycles. The highest BCUT2D eigenvalue weighted by molar-refractivity contribution is 5.99. The Morgan fingerprint density at radius 1 is 1.18 bits per heavy atom. The first kappa shape index (κ1) is 18.4. The number of benzene rings is 1. The highest BCUT2D eigenvalue weighted by Crippen LogP contribution is 2.14. The van der Waals surface area contributed by atoms with Crippen LogP contribution in [0.25, 0.3) is 0 Å². The number of nitrogens with one attached hydrogen (secondary N) is 1. The fourth-order valence-corrected chi connectivity index (χ4v) is 2.48. The van der Waals surface area contributed by atoms with Crippen molar-refractivity contribution in [1.82, 2.24) is 5.32 Å². The van der Waals surface area contributed by atoms with Gasteiger partial charge in [0.25, 0.3) is 0 Å². The molecule has 4 heteroatoms. The Balaban J connectivity index is 2.53. The van der Waals surface area contributed by atoms with Crippen molar-refractivity contribution in [2.24, 2.45) is 11.7 Å². The van der Waals surface area contributed by atoms with Gasteiger partial charge >= 0.3 is 0 Å². The van der Waals surface area contributed by atoms with E-state index >= 15 is 0 Å². The van der Waals surface area contributed by atoms with Gasteiger partial charge in [0.15, 0.2) is 5.78 Å². The minimum Gasteiger partial charge on any atom is -0.352 e. The van der Waals surface area contributed by atoms with Crippen molar-refractivity contribution in [3.8, 4) is 0 Å². The van der Waals surface area contributed by atoms with E-state index in [2.05, 4.69) is 19.2 Å². The molecule has 1 amide bonds. The van der Waals surface area contributed by atoms with E-state index in [1.54, 1.807) is 0 Å². The average Bonchev–Trinajstić information content (AvgIpc) is 2.46. The molecular weight excluding hydrogens is 276 g/mol. The van der Waals surface area contributed by atoms with Crippen molar-refractivity contribution in [3.63, 3.8) is 0 Å². The lowest BCUT2D eigenvalue weighted by molar-refractivity contribution is -0.121. The number of hydrogen-bond acceptors (Lipinski definition) is 3. The van der Waals surface area contributed by atoms with Crippen LogP contribution in [0.15, 0.2) is 18.2 Å². The van der Waals surface area contributed by atoms with Gasteiger partial charge in [-0.25, -0.2) is 0 Å². The van der Waals surface area contributed by atoms with Gasteiger partial charge in [-0.1, -0.05) is 31.5 Å². The number of nitrogens with two attached hydrogens (primary N) is 1. The number of hydrogen-bond donors (Lipinski definition) is 2. The van der Waals surface area contributed by atoms with Crippen molar-refractivity contribution < 1.29 is 9.59 Å². The Kier molecular flexibility index (Phi) is 7.25. The molecule has 0 bridgehead atoms. The second kappa shape index (κ2) is 8.69. The van der Waals surface area contributed by atoms with E-state index in [1.807, 2.05) is 32.0 Å². The Labute approximate surface area is 133 Å². The lowest BCUT2D eigenvalue weighted by Gasteiger charge is -2.18. The van der Waals surface area contributed by atoms with Crippen molar-refractivity contribution >= 4 is 11.7 Å². The van der Waals surface area contributed by atoms with Gasteiger partial charge in [0.2, 0.25) is 5.91 Å². The van der Waals surface area contributed by atoms with Gasteiger partial charge in [-0.3, -0.25) is 9.59 Å². The van der Waals surface area contributed by atoms with Crippen LogP contribution in [0.5, 0.6) is 0 Å². The van der Waals surface area contributed by atoms with E-state index in [1.165, 1.54) is 0 Å². The Morgan fingerprint density at radius 2 is 1.86 bits per heavy atom. The van der Waals surface area contributed by atoms with Gasteiger partial charge in [0.05, 0.1) is 0 Å². The van der Waals surface area contributed by atoms with E-state index in [0.29, 0.717) is 18.0 Å². The first-order valence-electron chi connectivity index (χ1n) is 7.93. The molecule has 1 atom stereocenters. The van der Waals surface area contributed by atoms with Crippen LogP contribution in [0, 0.1) is 19.8 Å². The Bertz CT molecular complexity index is 524. The second-order valence-corrected chi connectivity index (χ2v) is 6.37. The van der Waals surface area contributed by atoms with E-state index in [0.717, 1.165) is 17.5 Å². The maximum atomic E-state index is 12.3. The summed E-state index contributed by atoms with van der Waals surface area (Å²) in [6.45, 7) is 8.49. The summed E-state index contributed by atoms with van der Waals surface area (Å²) in [6, 6.07) is 5.80. The molecule has 0 aliphatic carbocycles. The fraction of sp³-hybridized carbons (Fsp3) is 0.556. The van der Waals surface area contributed by atoms with E-state index in [-0.39, 0.29) is 30.6 Å². The highest BCUT2D eigenvalue weighted by Gasteiger charge is 2.15. The van der Waals surface area contributed by atoms with Crippen LogP contribution in [-0.4, -0.2) is 24.3 Å². The molecule has 0 fully saturated rings. The predicted molar refractivity (Wildman–Crippen MR) is 89.9 cm³/mol. The summed E-state index contributed by atoms with van der Waals surface area (Å²) in [5.74, 6) is 0.393. The highest BCUT2D eigenvalue weighted by atomic mass is 16.2. The third kappa shape index (κ3) is 5.98. The molecule has 1 rings (SSSR count). The van der Waals surface area contributed by atoms with E-state index in [9.17, 15) is 9.59 Å². The third-order valence-electron chi connectivity index (χ3n) is 3.68. The maximum Gasteiger partial charge on any atom is 0.220 e. The zero-order valence-corrected chi connectivity index (χ0v) is 14.1. The summed E-state index contributed by atoms with van der Waals surface area (Å²) in [6.07, 6.45) is 1.29. The number of carbonyl (C=O) groups is 2. The molecule has 0 unspecified atom stereocenters. The zero-order chi connectivity index (χ0) is 16.7. The number of aryl methyl sites for hydroxylation is 2. The normalized spacial score (nSPS) is 12.3. The zero-order valence-electron chi connectivity index (χ0n) is 14.1. The number of Topliss-reactive ketones (excluding diaryl/α,β-unsaturated/α-hetero) is 1. The van der Waals surface area contributed by atoms with Crippen LogP contribution in [-0.2, 0) is 4.79 Å². The minimum absolute atomic E-state index is 0.0108. The van der Waals surface area contributed by atoms with E-state index < -0.39 is 0 Å². The smallest absolute Gasteiger partial charge is 0.220 e. The topological polar surface area (TPSA) is 72.2 Å². The summed E-state index contributed by atoms with van der Waals surface area (Å²) >= 11 is 0. The van der Waals surface area contributed by atoms with Gasteiger partial charge in [-0.15, -0.1) is 0 Å². The molecule has 0 saturated heterocycles. The lowest BCUT2D eigenvalue weighted by atomic mass is 9.99.